The molecule has 6 nitrogen and oxygen atoms in total. The van der Waals surface area contributed by atoms with E-state index in [1.54, 1.807) is 0 Å². The quantitative estimate of drug-likeness (QED) is 0.766. The largest absolute Gasteiger partial charge is 0.464 e. The van der Waals surface area contributed by atoms with Gasteiger partial charge < -0.3 is 15.4 Å². The SMILES string of the molecule is COC(=O)c1ncnc(N2CCCCC2)c1N. The number of ether oxygens (including phenoxy) is 1. The van der Waals surface area contributed by atoms with E-state index in [1.165, 1.54) is 19.9 Å². The van der Waals surface area contributed by atoms with Crippen LogP contribution in [0, 0.1) is 0 Å². The standard InChI is InChI=1S/C11H16N4O2/c1-17-11(16)9-8(12)10(14-7-13-9)15-5-3-2-4-6-15/h7H,2-6,12H2,1H3. The van der Waals surface area contributed by atoms with E-state index < -0.39 is 5.97 Å². The smallest absolute Gasteiger partial charge is 0.359 e. The van der Waals surface area contributed by atoms with Gasteiger partial charge in [0.25, 0.3) is 0 Å². The van der Waals surface area contributed by atoms with Crippen molar-refractivity contribution >= 4 is 17.5 Å². The van der Waals surface area contributed by atoms with Crippen LogP contribution in [0.3, 0.4) is 0 Å². The Kier molecular flexibility index (Phi) is 3.41. The number of nitrogens with two attached hydrogens (primary N) is 1. The van der Waals surface area contributed by atoms with Gasteiger partial charge in [-0.05, 0) is 19.3 Å². The molecule has 0 spiro atoms. The van der Waals surface area contributed by atoms with Crippen molar-refractivity contribution in [2.24, 2.45) is 0 Å². The first-order valence-electron chi connectivity index (χ1n) is 5.67. The van der Waals surface area contributed by atoms with Gasteiger partial charge in [0, 0.05) is 13.1 Å². The first-order chi connectivity index (χ1) is 8.24. The molecule has 2 heterocycles. The van der Waals surface area contributed by atoms with E-state index >= 15 is 0 Å². The van der Waals surface area contributed by atoms with Crippen LogP contribution in [0.2, 0.25) is 0 Å². The number of hydrogen-bond donors (Lipinski definition) is 1. The summed E-state index contributed by atoms with van der Waals surface area (Å²) in [6, 6.07) is 0. The molecule has 1 aromatic heterocycles. The lowest BCUT2D eigenvalue weighted by Gasteiger charge is -2.28. The molecule has 0 aliphatic carbocycles. The molecule has 6 heteroatoms. The third-order valence-corrected chi connectivity index (χ3v) is 2.90. The Morgan fingerprint density at radius 3 is 2.71 bits per heavy atom. The normalized spacial score (nSPS) is 15.7. The number of anilines is 2. The molecule has 17 heavy (non-hydrogen) atoms. The number of carbonyl (C=O) groups is 1. The predicted octanol–water partition coefficient (Wildman–Crippen LogP) is 0.836. The summed E-state index contributed by atoms with van der Waals surface area (Å²) in [7, 11) is 1.31. The van der Waals surface area contributed by atoms with Crippen molar-refractivity contribution in [3.8, 4) is 0 Å². The predicted molar refractivity (Wildman–Crippen MR) is 63.8 cm³/mol. The minimum atomic E-state index is -0.525. The third-order valence-electron chi connectivity index (χ3n) is 2.90. The van der Waals surface area contributed by atoms with Crippen LogP contribution >= 0.6 is 0 Å². The van der Waals surface area contributed by atoms with Gasteiger partial charge in [-0.3, -0.25) is 0 Å². The van der Waals surface area contributed by atoms with E-state index in [0.29, 0.717) is 11.5 Å². The van der Waals surface area contributed by atoms with Gasteiger partial charge in [-0.1, -0.05) is 0 Å². The molecule has 1 aliphatic heterocycles. The van der Waals surface area contributed by atoms with Gasteiger partial charge >= 0.3 is 5.97 Å². The minimum absolute atomic E-state index is 0.142. The molecule has 2 rings (SSSR count). The van der Waals surface area contributed by atoms with E-state index in [1.807, 2.05) is 0 Å². The number of rotatable bonds is 2. The van der Waals surface area contributed by atoms with Gasteiger partial charge in [-0.2, -0.15) is 0 Å². The van der Waals surface area contributed by atoms with Crippen molar-refractivity contribution in [1.29, 1.82) is 0 Å². The second-order valence-corrected chi connectivity index (χ2v) is 4.00. The molecule has 0 saturated carbocycles. The Bertz CT molecular complexity index is 416. The fourth-order valence-corrected chi connectivity index (χ4v) is 2.00. The zero-order valence-corrected chi connectivity index (χ0v) is 9.85. The van der Waals surface area contributed by atoms with Crippen LogP contribution in [0.25, 0.3) is 0 Å². The Balaban J connectivity index is 2.31. The Labute approximate surface area is 99.8 Å². The lowest BCUT2D eigenvalue weighted by atomic mass is 10.1. The highest BCUT2D eigenvalue weighted by Crippen LogP contribution is 2.25. The van der Waals surface area contributed by atoms with E-state index in [2.05, 4.69) is 19.6 Å². The molecule has 0 radical (unpaired) electrons. The zero-order valence-electron chi connectivity index (χ0n) is 9.85. The summed E-state index contributed by atoms with van der Waals surface area (Å²) in [6.07, 6.45) is 4.83. The average molecular weight is 236 g/mol. The number of aromatic nitrogens is 2. The van der Waals surface area contributed by atoms with Crippen molar-refractivity contribution in [1.82, 2.24) is 9.97 Å². The van der Waals surface area contributed by atoms with Gasteiger partial charge in [0.15, 0.2) is 11.5 Å². The maximum Gasteiger partial charge on any atom is 0.359 e. The molecule has 0 atom stereocenters. The fourth-order valence-electron chi connectivity index (χ4n) is 2.00. The first-order valence-corrected chi connectivity index (χ1v) is 5.67. The molecule has 1 fully saturated rings. The summed E-state index contributed by atoms with van der Waals surface area (Å²) in [5.74, 6) is 0.114. The van der Waals surface area contributed by atoms with Crippen LogP contribution in [0.4, 0.5) is 11.5 Å². The second-order valence-electron chi connectivity index (χ2n) is 4.00. The lowest BCUT2D eigenvalue weighted by molar-refractivity contribution is 0.0595. The highest BCUT2D eigenvalue weighted by Gasteiger charge is 2.20. The van der Waals surface area contributed by atoms with Crippen molar-refractivity contribution in [3.05, 3.63) is 12.0 Å². The Morgan fingerprint density at radius 2 is 2.06 bits per heavy atom. The van der Waals surface area contributed by atoms with Gasteiger partial charge in [0.1, 0.15) is 12.0 Å². The molecule has 92 valence electrons. The number of hydrogen-bond acceptors (Lipinski definition) is 6. The van der Waals surface area contributed by atoms with Crippen LogP contribution in [-0.4, -0.2) is 36.1 Å². The highest BCUT2D eigenvalue weighted by atomic mass is 16.5. The minimum Gasteiger partial charge on any atom is -0.464 e. The average Bonchev–Trinajstić information content (AvgIpc) is 2.39. The van der Waals surface area contributed by atoms with Crippen molar-refractivity contribution in [2.45, 2.75) is 19.3 Å². The third kappa shape index (κ3) is 2.30. The Morgan fingerprint density at radius 1 is 1.35 bits per heavy atom. The molecule has 1 aliphatic rings. The number of nitrogen functional groups attached to an aromatic ring is 1. The summed E-state index contributed by atoms with van der Waals surface area (Å²) in [5.41, 5.74) is 6.37. The molecule has 0 amide bonds. The number of carbonyl (C=O) groups excluding carboxylic acids is 1. The lowest BCUT2D eigenvalue weighted by Crippen LogP contribution is -2.31. The monoisotopic (exact) mass is 236 g/mol. The molecule has 2 N–H and O–H groups in total. The Hall–Kier alpha value is -1.85. The maximum absolute atomic E-state index is 11.5. The molecule has 0 unspecified atom stereocenters. The van der Waals surface area contributed by atoms with Crippen molar-refractivity contribution in [3.63, 3.8) is 0 Å². The topological polar surface area (TPSA) is 81.3 Å². The van der Waals surface area contributed by atoms with Gasteiger partial charge in [-0.15, -0.1) is 0 Å². The van der Waals surface area contributed by atoms with Gasteiger partial charge in [0.05, 0.1) is 7.11 Å². The first kappa shape index (κ1) is 11.6. The van der Waals surface area contributed by atoms with Crippen LogP contribution in [0.15, 0.2) is 6.33 Å². The van der Waals surface area contributed by atoms with Crippen LogP contribution < -0.4 is 10.6 Å². The molecular formula is C11H16N4O2. The van der Waals surface area contributed by atoms with Crippen LogP contribution in [-0.2, 0) is 4.74 Å². The number of nitrogens with zero attached hydrogens (tertiary/aromatic N) is 3. The fraction of sp³-hybridized carbons (Fsp3) is 0.545. The molecule has 0 bridgehead atoms. The molecule has 1 saturated heterocycles. The van der Waals surface area contributed by atoms with E-state index in [4.69, 9.17) is 5.73 Å². The molecule has 0 aromatic carbocycles. The summed E-state index contributed by atoms with van der Waals surface area (Å²) in [4.78, 5) is 21.6. The second kappa shape index (κ2) is 4.99. The van der Waals surface area contributed by atoms with Crippen LogP contribution in [0.1, 0.15) is 29.8 Å². The van der Waals surface area contributed by atoms with Crippen molar-refractivity contribution < 1.29 is 9.53 Å². The van der Waals surface area contributed by atoms with E-state index in [0.717, 1.165) is 25.9 Å². The molecule has 1 aromatic rings. The molecular weight excluding hydrogens is 220 g/mol. The number of piperidine rings is 1. The number of methoxy groups -OCH3 is 1. The van der Waals surface area contributed by atoms with E-state index in [-0.39, 0.29) is 5.69 Å². The summed E-state index contributed by atoms with van der Waals surface area (Å²) >= 11 is 0. The summed E-state index contributed by atoms with van der Waals surface area (Å²) in [6.45, 7) is 1.84. The van der Waals surface area contributed by atoms with Crippen molar-refractivity contribution in [2.75, 3.05) is 30.8 Å². The summed E-state index contributed by atoms with van der Waals surface area (Å²) < 4.78 is 4.63. The zero-order chi connectivity index (χ0) is 12.3. The van der Waals surface area contributed by atoms with E-state index in [9.17, 15) is 4.79 Å². The maximum atomic E-state index is 11.5. The highest BCUT2D eigenvalue weighted by molar-refractivity contribution is 5.95. The van der Waals surface area contributed by atoms with Gasteiger partial charge in [0.2, 0.25) is 0 Å². The number of esters is 1. The van der Waals surface area contributed by atoms with Crippen LogP contribution in [0.5, 0.6) is 0 Å². The van der Waals surface area contributed by atoms with Gasteiger partial charge in [-0.25, -0.2) is 14.8 Å². The summed E-state index contributed by atoms with van der Waals surface area (Å²) in [5, 5.41) is 0.